The number of fused-ring (bicyclic) bond motifs is 1. The van der Waals surface area contributed by atoms with E-state index in [4.69, 9.17) is 23.9 Å². The number of carboxylic acid groups (broad SMARTS) is 1. The molecule has 174 valence electrons. The molecule has 1 N–H and O–H groups in total. The van der Waals surface area contributed by atoms with E-state index in [1.54, 1.807) is 0 Å². The molecule has 0 bridgehead atoms. The molecule has 3 fully saturated rings. The van der Waals surface area contributed by atoms with Gasteiger partial charge in [-0.2, -0.15) is 13.2 Å². The largest absolute Gasteiger partial charge is 0.490 e. The van der Waals surface area contributed by atoms with Crippen molar-refractivity contribution in [3.05, 3.63) is 23.7 Å². The van der Waals surface area contributed by atoms with Crippen LogP contribution in [0.15, 0.2) is 16.5 Å². The lowest BCUT2D eigenvalue weighted by Gasteiger charge is -2.37. The Labute approximate surface area is 177 Å². The molecule has 3 atom stereocenters. The van der Waals surface area contributed by atoms with Crippen molar-refractivity contribution in [1.29, 1.82) is 0 Å². The minimum atomic E-state index is -5.08. The summed E-state index contributed by atoms with van der Waals surface area (Å²) in [6.45, 7) is 5.12. The van der Waals surface area contributed by atoms with Gasteiger partial charge in [0.1, 0.15) is 17.6 Å². The first-order chi connectivity index (χ1) is 14.6. The molecule has 1 aromatic heterocycles. The van der Waals surface area contributed by atoms with E-state index in [9.17, 15) is 18.0 Å². The van der Waals surface area contributed by atoms with Crippen molar-refractivity contribution in [2.75, 3.05) is 19.7 Å². The second kappa shape index (κ2) is 10.0. The maximum Gasteiger partial charge on any atom is 0.490 e. The zero-order valence-corrected chi connectivity index (χ0v) is 17.3. The number of carboxylic acids is 1. The lowest BCUT2D eigenvalue weighted by molar-refractivity contribution is -0.213. The fourth-order valence-corrected chi connectivity index (χ4v) is 4.09. The van der Waals surface area contributed by atoms with Crippen molar-refractivity contribution >= 4 is 11.9 Å². The van der Waals surface area contributed by atoms with Crippen LogP contribution in [0.4, 0.5) is 13.2 Å². The van der Waals surface area contributed by atoms with Crippen molar-refractivity contribution in [3.63, 3.8) is 0 Å². The van der Waals surface area contributed by atoms with Crippen molar-refractivity contribution in [1.82, 2.24) is 9.96 Å². The highest BCUT2D eigenvalue weighted by Crippen LogP contribution is 2.33. The zero-order chi connectivity index (χ0) is 22.6. The van der Waals surface area contributed by atoms with Gasteiger partial charge in [-0.3, -0.25) is 14.5 Å². The minimum Gasteiger partial charge on any atom is -0.475 e. The summed E-state index contributed by atoms with van der Waals surface area (Å²) in [6.07, 6.45) is -0.483. The maximum absolute atomic E-state index is 12.6. The minimum absolute atomic E-state index is 0.00765. The normalized spacial score (nSPS) is 26.7. The molecule has 8 nitrogen and oxygen atoms in total. The SMILES string of the molecule is Cc1ccc(CN2CC[C@H]3O[C@@H](C(=O)N4CCCCO4)CC[C@H]32)o1.O=C(O)C(F)(F)F. The average Bonchev–Trinajstić information content (AvgIpc) is 3.33. The first-order valence-electron chi connectivity index (χ1n) is 10.3. The summed E-state index contributed by atoms with van der Waals surface area (Å²) in [6, 6.07) is 4.45. The van der Waals surface area contributed by atoms with E-state index in [2.05, 4.69) is 4.90 Å². The molecule has 3 saturated heterocycles. The number of amides is 1. The van der Waals surface area contributed by atoms with Crippen LogP contribution in [0.5, 0.6) is 0 Å². The second-order valence-corrected chi connectivity index (χ2v) is 7.86. The van der Waals surface area contributed by atoms with Crippen LogP contribution in [0.25, 0.3) is 0 Å². The van der Waals surface area contributed by atoms with E-state index in [1.807, 2.05) is 19.1 Å². The quantitative estimate of drug-likeness (QED) is 0.760. The predicted molar refractivity (Wildman–Crippen MR) is 101 cm³/mol. The van der Waals surface area contributed by atoms with E-state index in [1.165, 1.54) is 5.06 Å². The summed E-state index contributed by atoms with van der Waals surface area (Å²) < 4.78 is 43.6. The van der Waals surface area contributed by atoms with Gasteiger partial charge < -0.3 is 14.3 Å². The highest BCUT2D eigenvalue weighted by molar-refractivity contribution is 5.80. The second-order valence-electron chi connectivity index (χ2n) is 7.86. The third-order valence-corrected chi connectivity index (χ3v) is 5.58. The Morgan fingerprint density at radius 2 is 1.90 bits per heavy atom. The number of aliphatic carboxylic acids is 1. The first-order valence-corrected chi connectivity index (χ1v) is 10.3. The lowest BCUT2D eigenvalue weighted by Crippen LogP contribution is -2.49. The van der Waals surface area contributed by atoms with Crippen LogP contribution in [-0.2, 0) is 25.7 Å². The Balaban J connectivity index is 0.000000339. The molecule has 0 aromatic carbocycles. The third-order valence-electron chi connectivity index (χ3n) is 5.58. The van der Waals surface area contributed by atoms with Gasteiger partial charge >= 0.3 is 12.1 Å². The van der Waals surface area contributed by atoms with Gasteiger partial charge in [-0.1, -0.05) is 0 Å². The molecule has 1 amide bonds. The van der Waals surface area contributed by atoms with Gasteiger partial charge in [-0.05, 0) is 51.2 Å². The number of rotatable bonds is 3. The molecule has 11 heteroatoms. The van der Waals surface area contributed by atoms with Crippen molar-refractivity contribution < 1.29 is 41.9 Å². The number of alkyl halides is 3. The van der Waals surface area contributed by atoms with Gasteiger partial charge in [0.05, 0.1) is 19.3 Å². The number of carbonyl (C=O) groups is 2. The molecule has 0 unspecified atom stereocenters. The monoisotopic (exact) mass is 448 g/mol. The molecule has 0 saturated carbocycles. The summed E-state index contributed by atoms with van der Waals surface area (Å²) >= 11 is 0. The Morgan fingerprint density at radius 3 is 2.48 bits per heavy atom. The Bertz CT molecular complexity index is 762. The number of nitrogens with zero attached hydrogens (tertiary/aromatic N) is 2. The average molecular weight is 448 g/mol. The number of aryl methyl sites for hydroxylation is 1. The molecule has 3 aliphatic heterocycles. The summed E-state index contributed by atoms with van der Waals surface area (Å²) in [5.41, 5.74) is 0. The topological polar surface area (TPSA) is 92.5 Å². The van der Waals surface area contributed by atoms with Crippen LogP contribution in [0.2, 0.25) is 0 Å². The van der Waals surface area contributed by atoms with Crippen LogP contribution in [-0.4, -0.2) is 71.1 Å². The van der Waals surface area contributed by atoms with E-state index in [0.29, 0.717) is 19.2 Å². The predicted octanol–water partition coefficient (Wildman–Crippen LogP) is 2.90. The number of likely N-dealkylation sites (tertiary alicyclic amines) is 1. The number of carbonyl (C=O) groups excluding carboxylic acids is 1. The molecule has 3 aliphatic rings. The number of furan rings is 1. The van der Waals surface area contributed by atoms with Gasteiger partial charge in [0.15, 0.2) is 0 Å². The summed E-state index contributed by atoms with van der Waals surface area (Å²) in [5, 5.41) is 8.65. The highest BCUT2D eigenvalue weighted by atomic mass is 19.4. The zero-order valence-electron chi connectivity index (χ0n) is 17.3. The molecular formula is C20H27F3N2O6. The molecule has 0 aliphatic carbocycles. The maximum atomic E-state index is 12.6. The van der Waals surface area contributed by atoms with Gasteiger partial charge in [-0.25, -0.2) is 9.86 Å². The standard InChI is InChI=1S/C18H26N2O4.C2HF3O2/c1-13-4-5-14(23-13)12-19-10-8-16-15(19)6-7-17(24-16)18(21)20-9-2-3-11-22-20;3-2(4,5)1(6)7/h4-5,15-17H,2-3,6-12H2,1H3;(H,6,7)/t15-,16-,17-;/m1./s1. The number of halogens is 3. The molecule has 1 aromatic rings. The van der Waals surface area contributed by atoms with Gasteiger partial charge in [-0.15, -0.1) is 0 Å². The smallest absolute Gasteiger partial charge is 0.475 e. The molecular weight excluding hydrogens is 421 g/mol. The number of hydrogen-bond donors (Lipinski definition) is 1. The van der Waals surface area contributed by atoms with Crippen molar-refractivity contribution in [2.45, 2.75) is 70.0 Å². The van der Waals surface area contributed by atoms with Crippen LogP contribution in [0.1, 0.15) is 43.6 Å². The Morgan fingerprint density at radius 1 is 1.16 bits per heavy atom. The van der Waals surface area contributed by atoms with E-state index in [-0.39, 0.29) is 18.1 Å². The van der Waals surface area contributed by atoms with Crippen molar-refractivity contribution in [3.8, 4) is 0 Å². The summed E-state index contributed by atoms with van der Waals surface area (Å²) in [4.78, 5) is 29.4. The first kappa shape index (κ1) is 23.6. The van der Waals surface area contributed by atoms with Crippen LogP contribution < -0.4 is 0 Å². The van der Waals surface area contributed by atoms with Gasteiger partial charge in [0.25, 0.3) is 5.91 Å². The molecule has 4 heterocycles. The summed E-state index contributed by atoms with van der Waals surface area (Å²) in [5.74, 6) is -0.790. The molecule has 31 heavy (non-hydrogen) atoms. The number of hydroxylamine groups is 2. The molecule has 0 radical (unpaired) electrons. The fraction of sp³-hybridized carbons (Fsp3) is 0.700. The molecule has 4 rings (SSSR count). The Kier molecular flexibility index (Phi) is 7.60. The number of hydrogen-bond acceptors (Lipinski definition) is 6. The van der Waals surface area contributed by atoms with Crippen LogP contribution in [0, 0.1) is 6.92 Å². The van der Waals surface area contributed by atoms with E-state index >= 15 is 0 Å². The summed E-state index contributed by atoms with van der Waals surface area (Å²) in [7, 11) is 0. The van der Waals surface area contributed by atoms with Gasteiger partial charge in [0.2, 0.25) is 0 Å². The van der Waals surface area contributed by atoms with E-state index in [0.717, 1.165) is 56.7 Å². The van der Waals surface area contributed by atoms with Crippen LogP contribution >= 0.6 is 0 Å². The van der Waals surface area contributed by atoms with Gasteiger partial charge in [0, 0.05) is 19.1 Å². The fourth-order valence-electron chi connectivity index (χ4n) is 4.09. The third kappa shape index (κ3) is 6.20. The highest BCUT2D eigenvalue weighted by Gasteiger charge is 2.43. The van der Waals surface area contributed by atoms with E-state index < -0.39 is 12.1 Å². The molecule has 0 spiro atoms. The number of ether oxygens (including phenoxy) is 1. The van der Waals surface area contributed by atoms with Crippen LogP contribution in [0.3, 0.4) is 0 Å². The lowest BCUT2D eigenvalue weighted by atomic mass is 9.98. The van der Waals surface area contributed by atoms with Crippen molar-refractivity contribution in [2.24, 2.45) is 0 Å². The Hall–Kier alpha value is -2.11.